The number of hydrogen-bond acceptors (Lipinski definition) is 3. The largest absolute Gasteiger partial charge is 0.481 e. The highest BCUT2D eigenvalue weighted by molar-refractivity contribution is 5.89. The molecule has 2 amide bonds. The van der Waals surface area contributed by atoms with Crippen LogP contribution in [0.2, 0.25) is 0 Å². The number of nitrogens with one attached hydrogen (secondary N) is 2. The number of rotatable bonds is 13. The van der Waals surface area contributed by atoms with E-state index in [1.807, 2.05) is 27.7 Å². The monoisotopic (exact) mass is 522 g/mol. The molecule has 6 heteroatoms. The third-order valence-electron chi connectivity index (χ3n) is 7.36. The number of carboxylic acid groups (broad SMARTS) is 1. The molecule has 0 aromatic heterocycles. The molecule has 2 aromatic carbocycles. The molecule has 0 heterocycles. The Morgan fingerprint density at radius 1 is 0.895 bits per heavy atom. The fraction of sp³-hybridized carbons (Fsp3) is 0.531. The van der Waals surface area contributed by atoms with Crippen molar-refractivity contribution in [3.05, 3.63) is 59.2 Å². The minimum absolute atomic E-state index is 0.256. The molecule has 3 N–H and O–H groups in total. The number of hydrogen-bond donors (Lipinski definition) is 3. The Morgan fingerprint density at radius 3 is 2.00 bits per heavy atom. The van der Waals surface area contributed by atoms with E-state index >= 15 is 0 Å². The van der Waals surface area contributed by atoms with E-state index in [-0.39, 0.29) is 18.2 Å². The number of amides is 2. The summed E-state index contributed by atoms with van der Waals surface area (Å²) in [4.78, 5) is 38.1. The predicted molar refractivity (Wildman–Crippen MR) is 154 cm³/mol. The van der Waals surface area contributed by atoms with Gasteiger partial charge in [0.2, 0.25) is 11.8 Å². The molecule has 3 atom stereocenters. The van der Waals surface area contributed by atoms with E-state index in [9.17, 15) is 19.5 Å². The van der Waals surface area contributed by atoms with Gasteiger partial charge in [0, 0.05) is 13.0 Å². The van der Waals surface area contributed by atoms with Crippen molar-refractivity contribution in [2.75, 3.05) is 7.05 Å². The number of carboxylic acids is 1. The van der Waals surface area contributed by atoms with Crippen molar-refractivity contribution in [3.8, 4) is 11.1 Å². The van der Waals surface area contributed by atoms with Gasteiger partial charge in [-0.2, -0.15) is 0 Å². The van der Waals surface area contributed by atoms with Crippen LogP contribution in [0.15, 0.2) is 42.5 Å². The molecular weight excluding hydrogens is 476 g/mol. The molecule has 38 heavy (non-hydrogen) atoms. The van der Waals surface area contributed by atoms with E-state index in [2.05, 4.69) is 66.9 Å². The number of aryl methyl sites for hydroxylation is 3. The second-order valence-electron chi connectivity index (χ2n) is 11.5. The van der Waals surface area contributed by atoms with Crippen LogP contribution in [0.3, 0.4) is 0 Å². The summed E-state index contributed by atoms with van der Waals surface area (Å²) in [6.07, 6.45) is 3.65. The molecule has 6 nitrogen and oxygen atoms in total. The summed E-state index contributed by atoms with van der Waals surface area (Å²) in [6.45, 7) is 12.0. The van der Waals surface area contributed by atoms with Crippen LogP contribution in [0.1, 0.15) is 76.5 Å². The molecule has 2 rings (SSSR count). The van der Waals surface area contributed by atoms with Crippen LogP contribution in [0.5, 0.6) is 0 Å². The lowest BCUT2D eigenvalue weighted by Gasteiger charge is -2.31. The van der Waals surface area contributed by atoms with Crippen molar-refractivity contribution in [2.45, 2.75) is 86.1 Å². The SMILES string of the molecule is CCCC[C@@H](C[C@H](CCc1ccc(-c2c(C)cccc2C)cc1)C(=O)N[C@H](C(=O)NC)C(C)(C)C)C(=O)O. The maximum Gasteiger partial charge on any atom is 0.306 e. The molecule has 0 unspecified atom stereocenters. The van der Waals surface area contributed by atoms with Gasteiger partial charge >= 0.3 is 5.97 Å². The maximum absolute atomic E-state index is 13.5. The lowest BCUT2D eigenvalue weighted by atomic mass is 9.83. The maximum atomic E-state index is 13.5. The normalized spacial score (nSPS) is 13.9. The molecule has 0 aliphatic heterocycles. The molecule has 0 bridgehead atoms. The van der Waals surface area contributed by atoms with Gasteiger partial charge in [0.1, 0.15) is 6.04 Å². The van der Waals surface area contributed by atoms with Gasteiger partial charge in [-0.25, -0.2) is 0 Å². The number of carbonyl (C=O) groups is 3. The van der Waals surface area contributed by atoms with Gasteiger partial charge in [-0.05, 0) is 72.8 Å². The Balaban J connectivity index is 2.25. The Bertz CT molecular complexity index is 1070. The van der Waals surface area contributed by atoms with Crippen LogP contribution >= 0.6 is 0 Å². The van der Waals surface area contributed by atoms with E-state index < -0.39 is 29.3 Å². The van der Waals surface area contributed by atoms with Crippen LogP contribution in [-0.2, 0) is 20.8 Å². The number of unbranched alkanes of at least 4 members (excludes halogenated alkanes) is 1. The quantitative estimate of drug-likeness (QED) is 0.297. The van der Waals surface area contributed by atoms with Crippen molar-refractivity contribution < 1.29 is 19.5 Å². The van der Waals surface area contributed by atoms with Crippen molar-refractivity contribution in [3.63, 3.8) is 0 Å². The number of aliphatic carboxylic acids is 1. The molecule has 208 valence electrons. The van der Waals surface area contributed by atoms with Gasteiger partial charge in [0.05, 0.1) is 5.92 Å². The summed E-state index contributed by atoms with van der Waals surface area (Å²) in [7, 11) is 1.55. The van der Waals surface area contributed by atoms with E-state index in [0.717, 1.165) is 24.0 Å². The Morgan fingerprint density at radius 2 is 1.50 bits per heavy atom. The summed E-state index contributed by atoms with van der Waals surface area (Å²) in [5, 5.41) is 15.4. The highest BCUT2D eigenvalue weighted by Crippen LogP contribution is 2.29. The van der Waals surface area contributed by atoms with Gasteiger partial charge in [0.25, 0.3) is 0 Å². The number of likely N-dealkylation sites (N-methyl/N-ethyl adjacent to an activating group) is 1. The van der Waals surface area contributed by atoms with E-state index in [1.165, 1.54) is 16.7 Å². The summed E-state index contributed by atoms with van der Waals surface area (Å²) >= 11 is 0. The van der Waals surface area contributed by atoms with Gasteiger partial charge in [-0.1, -0.05) is 83.0 Å². The van der Waals surface area contributed by atoms with Gasteiger partial charge < -0.3 is 15.7 Å². The first-order chi connectivity index (χ1) is 17.9. The molecule has 0 aliphatic rings. The zero-order valence-corrected chi connectivity index (χ0v) is 24.2. The summed E-state index contributed by atoms with van der Waals surface area (Å²) < 4.78 is 0. The standard InChI is InChI=1S/C32H46N2O4/c1-8-9-13-26(31(37)38)20-25(29(35)34-28(30(36)33-7)32(4,5)6)19-16-23-14-17-24(18-15-23)27-21(2)11-10-12-22(27)3/h10-12,14-15,17-18,25-26,28H,8-9,13,16,19-20H2,1-7H3,(H,33,36)(H,34,35)(H,37,38)/t25-,26-,28+/m0/s1. The third kappa shape index (κ3) is 8.71. The van der Waals surface area contributed by atoms with Crippen LogP contribution in [-0.4, -0.2) is 36.0 Å². The molecule has 0 radical (unpaired) electrons. The highest BCUT2D eigenvalue weighted by Gasteiger charge is 2.35. The first-order valence-corrected chi connectivity index (χ1v) is 13.8. The predicted octanol–water partition coefficient (Wildman–Crippen LogP) is 6.08. The number of benzene rings is 2. The fourth-order valence-corrected chi connectivity index (χ4v) is 5.02. The van der Waals surface area contributed by atoms with Crippen molar-refractivity contribution in [1.82, 2.24) is 10.6 Å². The molecule has 0 saturated heterocycles. The molecule has 0 aliphatic carbocycles. The van der Waals surface area contributed by atoms with Crippen LogP contribution in [0.4, 0.5) is 0 Å². The van der Waals surface area contributed by atoms with E-state index in [1.54, 1.807) is 7.05 Å². The van der Waals surface area contributed by atoms with Gasteiger partial charge in [-0.15, -0.1) is 0 Å². The van der Waals surface area contributed by atoms with Crippen LogP contribution < -0.4 is 10.6 Å². The molecular formula is C32H46N2O4. The molecule has 0 saturated carbocycles. The summed E-state index contributed by atoms with van der Waals surface area (Å²) in [6, 6.07) is 14.0. The Kier molecular flexibility index (Phi) is 11.6. The number of carbonyl (C=O) groups excluding carboxylic acids is 2. The first kappa shape index (κ1) is 31.1. The Hall–Kier alpha value is -3.15. The molecule has 0 spiro atoms. The first-order valence-electron chi connectivity index (χ1n) is 13.8. The lowest BCUT2D eigenvalue weighted by Crippen LogP contribution is -2.54. The third-order valence-corrected chi connectivity index (χ3v) is 7.36. The van der Waals surface area contributed by atoms with E-state index in [0.29, 0.717) is 19.3 Å². The van der Waals surface area contributed by atoms with Crippen molar-refractivity contribution in [1.29, 1.82) is 0 Å². The minimum atomic E-state index is -0.868. The van der Waals surface area contributed by atoms with Gasteiger partial charge in [0.15, 0.2) is 0 Å². The van der Waals surface area contributed by atoms with Crippen LogP contribution in [0.25, 0.3) is 11.1 Å². The van der Waals surface area contributed by atoms with Crippen molar-refractivity contribution in [2.24, 2.45) is 17.3 Å². The minimum Gasteiger partial charge on any atom is -0.481 e. The molecule has 0 fully saturated rings. The second kappa shape index (κ2) is 14.1. The average molecular weight is 523 g/mol. The summed E-state index contributed by atoms with van der Waals surface area (Å²) in [5.41, 5.74) is 5.45. The highest BCUT2D eigenvalue weighted by atomic mass is 16.4. The lowest BCUT2D eigenvalue weighted by molar-refractivity contribution is -0.143. The smallest absolute Gasteiger partial charge is 0.306 e. The Labute approximate surface area is 228 Å². The van der Waals surface area contributed by atoms with Crippen LogP contribution in [0, 0.1) is 31.1 Å². The second-order valence-corrected chi connectivity index (χ2v) is 11.5. The molecule has 2 aromatic rings. The van der Waals surface area contributed by atoms with Gasteiger partial charge in [-0.3, -0.25) is 14.4 Å². The topological polar surface area (TPSA) is 95.5 Å². The fourth-order valence-electron chi connectivity index (χ4n) is 5.02. The zero-order chi connectivity index (χ0) is 28.5. The summed E-state index contributed by atoms with van der Waals surface area (Å²) in [5.74, 6) is -2.49. The van der Waals surface area contributed by atoms with Crippen molar-refractivity contribution >= 4 is 17.8 Å². The zero-order valence-electron chi connectivity index (χ0n) is 24.2. The van der Waals surface area contributed by atoms with E-state index in [4.69, 9.17) is 0 Å². The average Bonchev–Trinajstić information content (AvgIpc) is 2.86.